The summed E-state index contributed by atoms with van der Waals surface area (Å²) >= 11 is 0. The van der Waals surface area contributed by atoms with Crippen molar-refractivity contribution in [1.82, 2.24) is 10.3 Å². The predicted octanol–water partition coefficient (Wildman–Crippen LogP) is 6.08. The van der Waals surface area contributed by atoms with Gasteiger partial charge in [-0.3, -0.25) is 0 Å². The minimum Gasteiger partial charge on any atom is -0.493 e. The quantitative estimate of drug-likeness (QED) is 0.364. The Morgan fingerprint density at radius 3 is 2.50 bits per heavy atom. The van der Waals surface area contributed by atoms with Crippen LogP contribution in [0.25, 0.3) is 22.3 Å². The van der Waals surface area contributed by atoms with Gasteiger partial charge in [0.25, 0.3) is 0 Å². The molecule has 0 amide bonds. The van der Waals surface area contributed by atoms with Crippen molar-refractivity contribution in [3.63, 3.8) is 0 Å². The molecule has 212 valence electrons. The number of ether oxygens (including phenoxy) is 3. The van der Waals surface area contributed by atoms with Crippen LogP contribution in [-0.2, 0) is 33.7 Å². The summed E-state index contributed by atoms with van der Waals surface area (Å²) in [5.74, 6) is 0.885. The molecule has 2 aromatic carbocycles. The van der Waals surface area contributed by atoms with Crippen molar-refractivity contribution in [2.45, 2.75) is 85.2 Å². The van der Waals surface area contributed by atoms with Crippen molar-refractivity contribution in [2.24, 2.45) is 0 Å². The number of aromatic nitrogens is 1. The highest BCUT2D eigenvalue weighted by atomic mass is 16.6. The predicted molar refractivity (Wildman–Crippen MR) is 158 cm³/mol. The number of esters is 1. The first kappa shape index (κ1) is 28.1. The molecule has 0 radical (unpaired) electrons. The van der Waals surface area contributed by atoms with Gasteiger partial charge in [0.15, 0.2) is 6.10 Å². The van der Waals surface area contributed by atoms with E-state index < -0.39 is 17.7 Å². The molecule has 2 aliphatic heterocycles. The van der Waals surface area contributed by atoms with Gasteiger partial charge in [0, 0.05) is 28.9 Å². The molecule has 40 heavy (non-hydrogen) atoms. The molecular formula is C33H41N3O4. The summed E-state index contributed by atoms with van der Waals surface area (Å²) in [6.45, 7) is 13.9. The molecule has 3 heterocycles. The number of aryl methyl sites for hydroxylation is 2. The van der Waals surface area contributed by atoms with Gasteiger partial charge in [-0.05, 0) is 107 Å². The molecule has 0 bridgehead atoms. The largest absolute Gasteiger partial charge is 0.493 e. The molecule has 7 heteroatoms. The summed E-state index contributed by atoms with van der Waals surface area (Å²) in [6.07, 6.45) is 1.55. The summed E-state index contributed by atoms with van der Waals surface area (Å²) in [6, 6.07) is 12.7. The van der Waals surface area contributed by atoms with E-state index in [9.17, 15) is 4.79 Å². The Balaban J connectivity index is 1.80. The van der Waals surface area contributed by atoms with E-state index in [1.54, 1.807) is 0 Å². The third-order valence-electron chi connectivity index (χ3n) is 7.33. The van der Waals surface area contributed by atoms with E-state index in [0.29, 0.717) is 17.1 Å². The first-order valence-corrected chi connectivity index (χ1v) is 14.3. The first-order valence-electron chi connectivity index (χ1n) is 14.3. The zero-order chi connectivity index (χ0) is 28.6. The van der Waals surface area contributed by atoms with E-state index in [1.807, 2.05) is 47.6 Å². The number of hydrogen-bond donors (Lipinski definition) is 2. The second-order valence-corrected chi connectivity index (χ2v) is 12.0. The number of nitrogen functional groups attached to an aromatic ring is 1. The molecule has 7 nitrogen and oxygen atoms in total. The molecule has 0 saturated carbocycles. The van der Waals surface area contributed by atoms with Gasteiger partial charge in [-0.2, -0.15) is 0 Å². The second-order valence-electron chi connectivity index (χ2n) is 12.0. The molecule has 3 N–H and O–H groups in total. The van der Waals surface area contributed by atoms with E-state index in [-0.39, 0.29) is 6.10 Å². The minimum atomic E-state index is -0.988. The molecule has 0 aliphatic carbocycles. The van der Waals surface area contributed by atoms with Crippen LogP contribution in [0.1, 0.15) is 75.1 Å². The molecule has 0 fully saturated rings. The summed E-state index contributed by atoms with van der Waals surface area (Å²) in [4.78, 5) is 18.5. The molecule has 0 spiro atoms. The number of carbonyl (C=O) groups excluding carboxylic acids is 1. The molecular weight excluding hydrogens is 502 g/mol. The Labute approximate surface area is 237 Å². The van der Waals surface area contributed by atoms with Crippen molar-refractivity contribution < 1.29 is 19.0 Å². The van der Waals surface area contributed by atoms with Gasteiger partial charge in [0.05, 0.1) is 18.3 Å². The van der Waals surface area contributed by atoms with E-state index in [2.05, 4.69) is 35.6 Å². The summed E-state index contributed by atoms with van der Waals surface area (Å²) in [5, 5.41) is 3.44. The molecule has 0 saturated heterocycles. The molecule has 1 atom stereocenters. The number of fused-ring (bicyclic) bond motifs is 2. The first-order chi connectivity index (χ1) is 19.0. The third-order valence-corrected chi connectivity index (χ3v) is 7.33. The van der Waals surface area contributed by atoms with Gasteiger partial charge in [0.2, 0.25) is 0 Å². The van der Waals surface area contributed by atoms with Gasteiger partial charge in [-0.15, -0.1) is 0 Å². The Hall–Kier alpha value is -3.42. The van der Waals surface area contributed by atoms with Crippen molar-refractivity contribution in [3.8, 4) is 28.0 Å². The topological polar surface area (TPSA) is 95.7 Å². The monoisotopic (exact) mass is 543 g/mol. The Morgan fingerprint density at radius 1 is 1.02 bits per heavy atom. The number of hydrogen-bond acceptors (Lipinski definition) is 7. The number of anilines is 1. The van der Waals surface area contributed by atoms with Crippen molar-refractivity contribution in [3.05, 3.63) is 64.3 Å². The minimum absolute atomic E-state index is 0.293. The highest BCUT2D eigenvalue weighted by Gasteiger charge is 2.35. The summed E-state index contributed by atoms with van der Waals surface area (Å²) in [7, 11) is 0. The van der Waals surface area contributed by atoms with Crippen LogP contribution >= 0.6 is 0 Å². The van der Waals surface area contributed by atoms with Gasteiger partial charge < -0.3 is 25.3 Å². The van der Waals surface area contributed by atoms with Crippen LogP contribution in [0.15, 0.2) is 36.4 Å². The lowest BCUT2D eigenvalue weighted by Gasteiger charge is -2.31. The van der Waals surface area contributed by atoms with Gasteiger partial charge in [-0.25, -0.2) is 9.78 Å². The zero-order valence-corrected chi connectivity index (χ0v) is 24.5. The fourth-order valence-corrected chi connectivity index (χ4v) is 5.67. The van der Waals surface area contributed by atoms with Crippen LogP contribution in [0, 0.1) is 6.92 Å². The van der Waals surface area contributed by atoms with Gasteiger partial charge >= 0.3 is 5.97 Å². The summed E-state index contributed by atoms with van der Waals surface area (Å²) < 4.78 is 18.1. The lowest BCUT2D eigenvalue weighted by atomic mass is 9.85. The fraction of sp³-hybridized carbons (Fsp3) is 0.455. The van der Waals surface area contributed by atoms with Crippen LogP contribution in [0.4, 0.5) is 5.82 Å². The fourth-order valence-electron chi connectivity index (χ4n) is 5.67. The maximum absolute atomic E-state index is 13.7. The average molecular weight is 544 g/mol. The zero-order valence-electron chi connectivity index (χ0n) is 24.5. The van der Waals surface area contributed by atoms with Crippen LogP contribution in [0.3, 0.4) is 0 Å². The highest BCUT2D eigenvalue weighted by molar-refractivity contribution is 5.95. The Bertz CT molecular complexity index is 1420. The number of nitrogens with two attached hydrogens (primary N) is 1. The van der Waals surface area contributed by atoms with Crippen LogP contribution < -0.4 is 15.8 Å². The Morgan fingerprint density at radius 2 is 1.75 bits per heavy atom. The van der Waals surface area contributed by atoms with Crippen LogP contribution in [0.5, 0.6) is 5.75 Å². The van der Waals surface area contributed by atoms with E-state index in [4.69, 9.17) is 24.9 Å². The lowest BCUT2D eigenvalue weighted by molar-refractivity contribution is -0.171. The summed E-state index contributed by atoms with van der Waals surface area (Å²) in [5.41, 5.74) is 14.8. The number of rotatable bonds is 6. The van der Waals surface area contributed by atoms with E-state index >= 15 is 0 Å². The molecule has 1 aromatic heterocycles. The number of benzene rings is 2. The molecule has 5 rings (SSSR count). The molecule has 1 unspecified atom stereocenters. The van der Waals surface area contributed by atoms with Crippen molar-refractivity contribution in [2.75, 3.05) is 18.9 Å². The Kier molecular flexibility index (Phi) is 7.89. The average Bonchev–Trinajstić information content (AvgIpc) is 2.90. The lowest BCUT2D eigenvalue weighted by Crippen LogP contribution is -2.31. The van der Waals surface area contributed by atoms with Gasteiger partial charge in [0.1, 0.15) is 11.6 Å². The maximum Gasteiger partial charge on any atom is 0.340 e. The number of carbonyl (C=O) groups is 1. The van der Waals surface area contributed by atoms with Crippen molar-refractivity contribution in [1.29, 1.82) is 0 Å². The SMILES string of the molecule is Cc1nc(N)c(-c2ccc3c(c2)CCNC3)c(-c2ccc3c(c2)CCCO3)c1C(OC(C)(C)C)C(=O)OC(C)C. The number of nitrogens with zero attached hydrogens (tertiary/aromatic N) is 1. The maximum atomic E-state index is 13.7. The van der Waals surface area contributed by atoms with Gasteiger partial charge in [-0.1, -0.05) is 24.3 Å². The molecule has 2 aliphatic rings. The smallest absolute Gasteiger partial charge is 0.340 e. The third kappa shape index (κ3) is 5.86. The van der Waals surface area contributed by atoms with E-state index in [0.717, 1.165) is 72.5 Å². The van der Waals surface area contributed by atoms with Crippen LogP contribution in [-0.4, -0.2) is 35.8 Å². The molecule has 3 aromatic rings. The second kappa shape index (κ2) is 11.2. The number of pyridine rings is 1. The highest BCUT2D eigenvalue weighted by Crippen LogP contribution is 2.45. The van der Waals surface area contributed by atoms with Crippen molar-refractivity contribution >= 4 is 11.8 Å². The standard InChI is InChI=1S/C33H41N3O4/c1-19(2)39-32(37)30(40-33(4,5)6)27-20(3)36-31(34)29(24-9-10-25-18-35-14-13-21(25)16-24)28(27)23-11-12-26-22(17-23)8-7-15-38-26/h9-12,16-17,19,30,35H,7-8,13-15,18H2,1-6H3,(H2,34,36). The van der Waals surface area contributed by atoms with Crippen LogP contribution in [0.2, 0.25) is 0 Å². The normalized spacial score (nSPS) is 15.7. The van der Waals surface area contributed by atoms with E-state index in [1.165, 1.54) is 11.1 Å². The number of nitrogens with one attached hydrogen (secondary N) is 1.